The predicted octanol–water partition coefficient (Wildman–Crippen LogP) is 4.71. The number of Topliss-reactive ketones (excluding diaryl/α,β-unsaturated/α-hetero) is 1. The smallest absolute Gasteiger partial charge is 0.398 e. The van der Waals surface area contributed by atoms with Crippen LogP contribution in [0.5, 0.6) is 0 Å². The van der Waals surface area contributed by atoms with Crippen LogP contribution in [0.1, 0.15) is 57.3 Å². The lowest BCUT2D eigenvalue weighted by atomic mass is 9.73. The first-order chi connectivity index (χ1) is 13.3. The van der Waals surface area contributed by atoms with Crippen molar-refractivity contribution in [3.05, 3.63) is 46.2 Å². The van der Waals surface area contributed by atoms with Crippen molar-refractivity contribution < 1.29 is 22.8 Å². The van der Waals surface area contributed by atoms with Gasteiger partial charge in [0.1, 0.15) is 0 Å². The summed E-state index contributed by atoms with van der Waals surface area (Å²) in [7, 11) is 0. The molecule has 0 unspecified atom stereocenters. The number of rotatable bonds is 5. The van der Waals surface area contributed by atoms with E-state index >= 15 is 0 Å². The summed E-state index contributed by atoms with van der Waals surface area (Å²) in [5, 5.41) is 2.95. The van der Waals surface area contributed by atoms with E-state index in [-0.39, 0.29) is 47.4 Å². The van der Waals surface area contributed by atoms with Gasteiger partial charge in [0, 0.05) is 29.1 Å². The second kappa shape index (κ2) is 7.93. The van der Waals surface area contributed by atoms with Gasteiger partial charge in [-0.1, -0.05) is 26.3 Å². The number of primary amides is 1. The Kier molecular flexibility index (Phi) is 6.15. The Labute approximate surface area is 168 Å². The van der Waals surface area contributed by atoms with Crippen molar-refractivity contribution in [2.75, 3.05) is 11.1 Å². The van der Waals surface area contributed by atoms with Gasteiger partial charge in [-0.3, -0.25) is 9.59 Å². The minimum Gasteiger partial charge on any atom is -0.398 e. The fourth-order valence-electron chi connectivity index (χ4n) is 3.53. The predicted molar refractivity (Wildman–Crippen MR) is 107 cm³/mol. The number of halogens is 3. The van der Waals surface area contributed by atoms with Crippen molar-refractivity contribution in [2.24, 2.45) is 11.1 Å². The van der Waals surface area contributed by atoms with Crippen LogP contribution in [0.3, 0.4) is 0 Å². The number of nitrogen functional groups attached to an aromatic ring is 1. The molecule has 0 atom stereocenters. The third-order valence-corrected chi connectivity index (χ3v) is 4.98. The molecule has 1 aromatic carbocycles. The summed E-state index contributed by atoms with van der Waals surface area (Å²) in [5.41, 5.74) is 10.2. The van der Waals surface area contributed by atoms with Gasteiger partial charge in [-0.25, -0.2) is 0 Å². The molecule has 2 rings (SSSR count). The normalized spacial score (nSPS) is 17.8. The lowest BCUT2D eigenvalue weighted by Crippen LogP contribution is -2.32. The van der Waals surface area contributed by atoms with Gasteiger partial charge in [-0.05, 0) is 43.4 Å². The van der Waals surface area contributed by atoms with Crippen molar-refractivity contribution in [1.82, 2.24) is 0 Å². The van der Waals surface area contributed by atoms with Crippen molar-refractivity contribution >= 4 is 23.1 Å². The quantitative estimate of drug-likeness (QED) is 0.613. The second-order valence-corrected chi connectivity index (χ2v) is 8.09. The van der Waals surface area contributed by atoms with E-state index in [1.54, 1.807) is 6.92 Å². The summed E-state index contributed by atoms with van der Waals surface area (Å²) in [5.74, 6) is -1.26. The Morgan fingerprint density at radius 2 is 1.86 bits per heavy atom. The number of hydrogen-bond donors (Lipinski definition) is 3. The summed E-state index contributed by atoms with van der Waals surface area (Å²) in [6, 6.07) is 4.31. The zero-order valence-corrected chi connectivity index (χ0v) is 17.0. The number of amides is 1. The van der Waals surface area contributed by atoms with Gasteiger partial charge in [-0.15, -0.1) is 0 Å². The van der Waals surface area contributed by atoms with E-state index in [1.165, 1.54) is 25.1 Å². The standard InChI is InChI=1S/C21H26F3N3O2/c1-5-11(2)18(21(22,23)24)17-15(9-20(3,4)10-16(17)28)27-12-6-7-13(19(26)29)14(25)8-12/h6-8,27H,5,9-10,25H2,1-4H3,(H2,26,29)/b18-11-. The van der Waals surface area contributed by atoms with E-state index in [0.717, 1.165) is 0 Å². The highest BCUT2D eigenvalue weighted by atomic mass is 19.4. The molecule has 0 bridgehead atoms. The number of hydrogen-bond acceptors (Lipinski definition) is 4. The molecule has 5 N–H and O–H groups in total. The van der Waals surface area contributed by atoms with Crippen LogP contribution in [-0.4, -0.2) is 17.9 Å². The van der Waals surface area contributed by atoms with Crippen molar-refractivity contribution in [1.29, 1.82) is 0 Å². The van der Waals surface area contributed by atoms with Crippen molar-refractivity contribution in [2.45, 2.75) is 53.1 Å². The van der Waals surface area contributed by atoms with Crippen LogP contribution in [0.15, 0.2) is 40.6 Å². The minimum absolute atomic E-state index is 0.0207. The van der Waals surface area contributed by atoms with Crippen LogP contribution < -0.4 is 16.8 Å². The Hall–Kier alpha value is -2.77. The molecule has 0 fully saturated rings. The molecule has 8 heteroatoms. The van der Waals surface area contributed by atoms with E-state index in [0.29, 0.717) is 5.69 Å². The maximum Gasteiger partial charge on any atom is 0.417 e. The molecule has 0 saturated heterocycles. The molecule has 29 heavy (non-hydrogen) atoms. The van der Waals surface area contributed by atoms with Gasteiger partial charge in [-0.2, -0.15) is 13.2 Å². The fraction of sp³-hybridized carbons (Fsp3) is 0.429. The van der Waals surface area contributed by atoms with E-state index < -0.39 is 28.9 Å². The molecule has 0 spiro atoms. The summed E-state index contributed by atoms with van der Waals surface area (Å²) in [4.78, 5) is 24.2. The number of carbonyl (C=O) groups excluding carboxylic acids is 2. The van der Waals surface area contributed by atoms with Gasteiger partial charge in [0.25, 0.3) is 5.91 Å². The number of alkyl halides is 3. The lowest BCUT2D eigenvalue weighted by Gasteiger charge is -2.34. The molecule has 0 aliphatic heterocycles. The first-order valence-corrected chi connectivity index (χ1v) is 9.27. The number of ketones is 1. The van der Waals surface area contributed by atoms with E-state index in [9.17, 15) is 22.8 Å². The van der Waals surface area contributed by atoms with Crippen LogP contribution in [-0.2, 0) is 4.79 Å². The van der Waals surface area contributed by atoms with E-state index in [1.807, 2.05) is 13.8 Å². The number of nitrogens with two attached hydrogens (primary N) is 2. The topological polar surface area (TPSA) is 98.2 Å². The molecular formula is C21H26F3N3O2. The molecule has 0 saturated carbocycles. The average Bonchev–Trinajstić information content (AvgIpc) is 2.55. The lowest BCUT2D eigenvalue weighted by molar-refractivity contribution is -0.120. The first kappa shape index (κ1) is 22.5. The number of carbonyl (C=O) groups is 2. The molecule has 5 nitrogen and oxygen atoms in total. The molecule has 158 valence electrons. The minimum atomic E-state index is -4.66. The SMILES string of the molecule is CC/C(C)=C(/C1=C(Nc2ccc(C(N)=O)c(N)c2)CC(C)(C)CC1=O)C(F)(F)F. The van der Waals surface area contributed by atoms with Gasteiger partial charge >= 0.3 is 6.18 Å². The maximum atomic E-state index is 13.9. The van der Waals surface area contributed by atoms with Crippen LogP contribution in [0, 0.1) is 5.41 Å². The average molecular weight is 409 g/mol. The molecule has 0 radical (unpaired) electrons. The molecule has 1 aliphatic rings. The van der Waals surface area contributed by atoms with Crippen LogP contribution in [0.4, 0.5) is 24.5 Å². The van der Waals surface area contributed by atoms with Gasteiger partial charge in [0.2, 0.25) is 0 Å². The van der Waals surface area contributed by atoms with Gasteiger partial charge in [0.15, 0.2) is 5.78 Å². The second-order valence-electron chi connectivity index (χ2n) is 8.09. The van der Waals surface area contributed by atoms with Crippen LogP contribution >= 0.6 is 0 Å². The summed E-state index contributed by atoms with van der Waals surface area (Å²) in [6.45, 7) is 6.67. The van der Waals surface area contributed by atoms with Crippen LogP contribution in [0.25, 0.3) is 0 Å². The van der Waals surface area contributed by atoms with Crippen molar-refractivity contribution in [3.8, 4) is 0 Å². The summed E-state index contributed by atoms with van der Waals surface area (Å²) >= 11 is 0. The molecule has 0 aromatic heterocycles. The summed E-state index contributed by atoms with van der Waals surface area (Å²) < 4.78 is 41.6. The Balaban J connectivity index is 2.66. The third-order valence-electron chi connectivity index (χ3n) is 4.98. The number of nitrogens with one attached hydrogen (secondary N) is 1. The highest BCUT2D eigenvalue weighted by molar-refractivity contribution is 6.03. The number of anilines is 2. The zero-order valence-electron chi connectivity index (χ0n) is 17.0. The van der Waals surface area contributed by atoms with Crippen LogP contribution in [0.2, 0.25) is 0 Å². The largest absolute Gasteiger partial charge is 0.417 e. The van der Waals surface area contributed by atoms with Gasteiger partial charge < -0.3 is 16.8 Å². The molecule has 1 aromatic rings. The van der Waals surface area contributed by atoms with E-state index in [2.05, 4.69) is 5.32 Å². The summed E-state index contributed by atoms with van der Waals surface area (Å²) in [6.07, 6.45) is -4.22. The number of allylic oxidation sites excluding steroid dienone is 4. The molecule has 1 amide bonds. The number of benzene rings is 1. The third kappa shape index (κ3) is 4.99. The monoisotopic (exact) mass is 409 g/mol. The Morgan fingerprint density at radius 3 is 2.34 bits per heavy atom. The fourth-order valence-corrected chi connectivity index (χ4v) is 3.53. The first-order valence-electron chi connectivity index (χ1n) is 9.27. The zero-order chi connectivity index (χ0) is 22.1. The Morgan fingerprint density at radius 1 is 1.24 bits per heavy atom. The highest BCUT2D eigenvalue weighted by Crippen LogP contribution is 2.44. The Bertz CT molecular complexity index is 912. The van der Waals surface area contributed by atoms with Crippen molar-refractivity contribution in [3.63, 3.8) is 0 Å². The molecule has 1 aliphatic carbocycles. The van der Waals surface area contributed by atoms with Gasteiger partial charge in [0.05, 0.1) is 11.1 Å². The molecule has 0 heterocycles. The van der Waals surface area contributed by atoms with E-state index in [4.69, 9.17) is 11.5 Å². The highest BCUT2D eigenvalue weighted by Gasteiger charge is 2.44. The maximum absolute atomic E-state index is 13.9. The molecular weight excluding hydrogens is 383 g/mol.